The molecule has 0 saturated carbocycles. The molecule has 24 heavy (non-hydrogen) atoms. The molecular formula is C18H16FN3O2. The van der Waals surface area contributed by atoms with E-state index >= 15 is 0 Å². The Bertz CT molecular complexity index is 922. The number of halogens is 1. The molecule has 3 aromatic rings. The van der Waals surface area contributed by atoms with Crippen LogP contribution in [0.4, 0.5) is 14.9 Å². The van der Waals surface area contributed by atoms with E-state index in [2.05, 4.69) is 9.97 Å². The predicted octanol–water partition coefficient (Wildman–Crippen LogP) is 4.10. The second-order valence-electron chi connectivity index (χ2n) is 5.81. The van der Waals surface area contributed by atoms with E-state index in [0.717, 1.165) is 17.3 Å². The van der Waals surface area contributed by atoms with Gasteiger partial charge in [0.25, 0.3) is 0 Å². The average molecular weight is 325 g/mol. The van der Waals surface area contributed by atoms with Crippen molar-refractivity contribution in [2.45, 2.75) is 19.4 Å². The quantitative estimate of drug-likeness (QED) is 0.788. The van der Waals surface area contributed by atoms with E-state index in [1.54, 1.807) is 30.7 Å². The summed E-state index contributed by atoms with van der Waals surface area (Å²) < 4.78 is 19.9. The third kappa shape index (κ3) is 2.31. The lowest BCUT2D eigenvalue weighted by atomic mass is 10.0. The Morgan fingerprint density at radius 1 is 1.33 bits per heavy atom. The Balaban J connectivity index is 1.73. The molecule has 0 radical (unpaired) electrons. The number of aromatic amines is 1. The number of ether oxygens (including phenoxy) is 1. The second kappa shape index (κ2) is 5.63. The first-order valence-corrected chi connectivity index (χ1v) is 7.86. The number of amides is 1. The van der Waals surface area contributed by atoms with Crippen LogP contribution in [-0.4, -0.2) is 28.7 Å². The molecule has 1 saturated heterocycles. The molecule has 0 unspecified atom stereocenters. The number of nitrogens with zero attached hydrogens (tertiary/aromatic N) is 2. The van der Waals surface area contributed by atoms with Crippen LogP contribution in [0.25, 0.3) is 22.0 Å². The van der Waals surface area contributed by atoms with E-state index in [4.69, 9.17) is 4.74 Å². The molecule has 0 aliphatic carbocycles. The highest BCUT2D eigenvalue weighted by Crippen LogP contribution is 2.32. The van der Waals surface area contributed by atoms with Crippen molar-refractivity contribution >= 4 is 22.7 Å². The molecule has 0 spiro atoms. The van der Waals surface area contributed by atoms with Crippen LogP contribution < -0.4 is 4.90 Å². The lowest BCUT2D eigenvalue weighted by molar-refractivity contribution is 0.139. The van der Waals surface area contributed by atoms with Crippen LogP contribution in [0.2, 0.25) is 0 Å². The van der Waals surface area contributed by atoms with Crippen LogP contribution in [0, 0.1) is 5.82 Å². The molecule has 1 N–H and O–H groups in total. The van der Waals surface area contributed by atoms with E-state index < -0.39 is 11.9 Å². The highest BCUT2D eigenvalue weighted by molar-refractivity contribution is 5.95. The van der Waals surface area contributed by atoms with E-state index in [-0.39, 0.29) is 6.10 Å². The highest BCUT2D eigenvalue weighted by Gasteiger charge is 2.31. The zero-order valence-corrected chi connectivity index (χ0v) is 13.1. The predicted molar refractivity (Wildman–Crippen MR) is 89.4 cm³/mol. The van der Waals surface area contributed by atoms with Gasteiger partial charge in [-0.2, -0.15) is 0 Å². The molecular weight excluding hydrogens is 309 g/mol. The normalized spacial score (nSPS) is 17.5. The number of aromatic nitrogens is 2. The van der Waals surface area contributed by atoms with Crippen molar-refractivity contribution in [3.63, 3.8) is 0 Å². The van der Waals surface area contributed by atoms with E-state index in [1.807, 2.05) is 13.0 Å². The minimum atomic E-state index is -0.427. The fourth-order valence-electron chi connectivity index (χ4n) is 3.03. The van der Waals surface area contributed by atoms with Gasteiger partial charge in [-0.05, 0) is 30.7 Å². The number of benzene rings is 1. The number of carbonyl (C=O) groups excluding carboxylic acids is 1. The molecule has 3 heterocycles. The molecule has 2 aromatic heterocycles. The van der Waals surface area contributed by atoms with Gasteiger partial charge in [-0.1, -0.05) is 6.92 Å². The molecule has 1 aliphatic rings. The van der Waals surface area contributed by atoms with Crippen molar-refractivity contribution in [3.05, 3.63) is 48.7 Å². The molecule has 1 aromatic carbocycles. The van der Waals surface area contributed by atoms with Crippen molar-refractivity contribution in [1.82, 2.24) is 9.97 Å². The van der Waals surface area contributed by atoms with Crippen molar-refractivity contribution in [2.75, 3.05) is 11.4 Å². The first-order chi connectivity index (χ1) is 11.7. The average Bonchev–Trinajstić information content (AvgIpc) is 3.20. The van der Waals surface area contributed by atoms with Crippen LogP contribution in [0.3, 0.4) is 0 Å². The van der Waals surface area contributed by atoms with Gasteiger partial charge in [-0.25, -0.2) is 9.18 Å². The Hall–Kier alpha value is -2.89. The molecule has 1 fully saturated rings. The standard InChI is InChI=1S/C18H16FN3O2/c1-2-12-10-22(18(23)24-12)11-3-4-13(16(19)7-11)15-8-20-9-17-14(15)5-6-21-17/h3-9,12,21H,2,10H2,1H3/t12-/m0/s1. The Morgan fingerprint density at radius 3 is 2.96 bits per heavy atom. The van der Waals surface area contributed by atoms with E-state index in [0.29, 0.717) is 23.4 Å². The fraction of sp³-hybridized carbons (Fsp3) is 0.222. The van der Waals surface area contributed by atoms with Crippen molar-refractivity contribution in [3.8, 4) is 11.1 Å². The Kier molecular flexibility index (Phi) is 3.45. The number of hydrogen-bond donors (Lipinski definition) is 1. The van der Waals surface area contributed by atoms with Gasteiger partial charge in [0, 0.05) is 28.9 Å². The maximum absolute atomic E-state index is 14.7. The summed E-state index contributed by atoms with van der Waals surface area (Å²) in [4.78, 5) is 20.6. The molecule has 4 rings (SSSR count). The molecule has 122 valence electrons. The maximum Gasteiger partial charge on any atom is 0.414 e. The summed E-state index contributed by atoms with van der Waals surface area (Å²) in [5.41, 5.74) is 2.53. The van der Waals surface area contributed by atoms with Crippen LogP contribution >= 0.6 is 0 Å². The first kappa shape index (κ1) is 14.7. The Morgan fingerprint density at radius 2 is 2.21 bits per heavy atom. The smallest absolute Gasteiger partial charge is 0.414 e. The van der Waals surface area contributed by atoms with Crippen LogP contribution in [-0.2, 0) is 4.74 Å². The van der Waals surface area contributed by atoms with Gasteiger partial charge in [0.1, 0.15) is 11.9 Å². The first-order valence-electron chi connectivity index (χ1n) is 7.86. The number of fused-ring (bicyclic) bond motifs is 1. The van der Waals surface area contributed by atoms with Crippen molar-refractivity contribution in [1.29, 1.82) is 0 Å². The van der Waals surface area contributed by atoms with Gasteiger partial charge >= 0.3 is 6.09 Å². The summed E-state index contributed by atoms with van der Waals surface area (Å²) in [6.45, 7) is 2.40. The number of rotatable bonds is 3. The summed E-state index contributed by atoms with van der Waals surface area (Å²) in [6.07, 6.45) is 5.32. The highest BCUT2D eigenvalue weighted by atomic mass is 19.1. The van der Waals surface area contributed by atoms with Gasteiger partial charge in [-0.15, -0.1) is 0 Å². The number of H-pyrrole nitrogens is 1. The van der Waals surface area contributed by atoms with E-state index in [9.17, 15) is 9.18 Å². The lowest BCUT2D eigenvalue weighted by Gasteiger charge is -2.14. The number of anilines is 1. The summed E-state index contributed by atoms with van der Waals surface area (Å²) in [5, 5.41) is 0.906. The van der Waals surface area contributed by atoms with Crippen LogP contribution in [0.5, 0.6) is 0 Å². The third-order valence-corrected chi connectivity index (χ3v) is 4.36. The fourth-order valence-corrected chi connectivity index (χ4v) is 3.03. The third-order valence-electron chi connectivity index (χ3n) is 4.36. The number of pyridine rings is 1. The molecule has 1 atom stereocenters. The summed E-state index contributed by atoms with van der Waals surface area (Å²) in [6, 6.07) is 6.69. The van der Waals surface area contributed by atoms with Gasteiger partial charge in [0.05, 0.1) is 23.9 Å². The SMILES string of the molecule is CC[C@H]1CN(c2ccc(-c3cncc4[nH]ccc34)c(F)c2)C(=O)O1. The molecule has 1 aliphatic heterocycles. The van der Waals surface area contributed by atoms with Crippen LogP contribution in [0.1, 0.15) is 13.3 Å². The summed E-state index contributed by atoms with van der Waals surface area (Å²) in [5.74, 6) is -0.393. The molecule has 1 amide bonds. The minimum Gasteiger partial charge on any atom is -0.444 e. The molecule has 0 bridgehead atoms. The summed E-state index contributed by atoms with van der Waals surface area (Å²) >= 11 is 0. The largest absolute Gasteiger partial charge is 0.444 e. The van der Waals surface area contributed by atoms with Crippen LogP contribution in [0.15, 0.2) is 42.9 Å². The van der Waals surface area contributed by atoms with Crippen molar-refractivity contribution < 1.29 is 13.9 Å². The topological polar surface area (TPSA) is 58.2 Å². The number of nitrogens with one attached hydrogen (secondary N) is 1. The lowest BCUT2D eigenvalue weighted by Crippen LogP contribution is -2.24. The van der Waals surface area contributed by atoms with Gasteiger partial charge in [0.2, 0.25) is 0 Å². The zero-order valence-electron chi connectivity index (χ0n) is 13.1. The van der Waals surface area contributed by atoms with Gasteiger partial charge < -0.3 is 9.72 Å². The zero-order chi connectivity index (χ0) is 16.7. The number of carbonyl (C=O) groups is 1. The molecule has 6 heteroatoms. The monoisotopic (exact) mass is 325 g/mol. The van der Waals surface area contributed by atoms with E-state index in [1.165, 1.54) is 11.0 Å². The minimum absolute atomic E-state index is 0.141. The second-order valence-corrected chi connectivity index (χ2v) is 5.81. The van der Waals surface area contributed by atoms with Gasteiger partial charge in [0.15, 0.2) is 0 Å². The van der Waals surface area contributed by atoms with Crippen molar-refractivity contribution in [2.24, 2.45) is 0 Å². The maximum atomic E-state index is 14.7. The molecule has 5 nitrogen and oxygen atoms in total. The van der Waals surface area contributed by atoms with Gasteiger partial charge in [-0.3, -0.25) is 9.88 Å². The Labute approximate surface area is 138 Å². The summed E-state index contributed by atoms with van der Waals surface area (Å²) in [7, 11) is 0. The number of cyclic esters (lactones) is 1. The number of hydrogen-bond acceptors (Lipinski definition) is 3.